The predicted octanol–water partition coefficient (Wildman–Crippen LogP) is 4.60. The molecule has 3 aromatic rings. The Bertz CT molecular complexity index is 937. The Morgan fingerprint density at radius 1 is 0.857 bits per heavy atom. The van der Waals surface area contributed by atoms with Crippen molar-refractivity contribution in [3.05, 3.63) is 89.5 Å². The number of rotatable bonds is 9. The van der Waals surface area contributed by atoms with Crippen molar-refractivity contribution < 1.29 is 9.90 Å². The highest BCUT2D eigenvalue weighted by atomic mass is 16.4. The molecule has 0 aliphatic heterocycles. The molecule has 0 aromatic heterocycles. The molecule has 0 atom stereocenters. The van der Waals surface area contributed by atoms with Crippen molar-refractivity contribution in [3.63, 3.8) is 0 Å². The van der Waals surface area contributed by atoms with Crippen LogP contribution in [0.3, 0.4) is 0 Å². The molecule has 0 bridgehead atoms. The van der Waals surface area contributed by atoms with E-state index in [2.05, 4.69) is 41.8 Å². The summed E-state index contributed by atoms with van der Waals surface area (Å²) in [6.45, 7) is 4.77. The number of aromatic carboxylic acids is 1. The molecule has 0 amide bonds. The first-order valence-electron chi connectivity index (χ1n) is 9.56. The molecule has 4 nitrogen and oxygen atoms in total. The van der Waals surface area contributed by atoms with Crippen LogP contribution in [0.2, 0.25) is 0 Å². The van der Waals surface area contributed by atoms with Gasteiger partial charge < -0.3 is 15.7 Å². The number of carbonyl (C=O) groups is 1. The topological polar surface area (TPSA) is 61.4 Å². The van der Waals surface area contributed by atoms with E-state index in [1.807, 2.05) is 30.3 Å². The molecular weight excluding hydrogens is 348 g/mol. The zero-order valence-electron chi connectivity index (χ0n) is 16.1. The minimum Gasteiger partial charge on any atom is -0.478 e. The fraction of sp³-hybridized carbons (Fsp3) is 0.208. The van der Waals surface area contributed by atoms with Gasteiger partial charge in [-0.05, 0) is 60.8 Å². The maximum Gasteiger partial charge on any atom is 0.335 e. The quantitative estimate of drug-likeness (QED) is 0.479. The van der Waals surface area contributed by atoms with E-state index in [4.69, 9.17) is 5.11 Å². The Labute approximate surface area is 166 Å². The Kier molecular flexibility index (Phi) is 6.82. The van der Waals surface area contributed by atoms with Crippen LogP contribution in [0.15, 0.2) is 72.8 Å². The number of aryl methyl sites for hydroxylation is 1. The fourth-order valence-electron chi connectivity index (χ4n) is 3.16. The molecule has 0 aliphatic carbocycles. The number of carboxylic acid groups (broad SMARTS) is 1. The molecule has 4 heteroatoms. The smallest absolute Gasteiger partial charge is 0.335 e. The summed E-state index contributed by atoms with van der Waals surface area (Å²) in [6, 6.07) is 23.7. The molecule has 28 heavy (non-hydrogen) atoms. The molecule has 3 aromatic carbocycles. The molecular formula is C24H26N2O2. The monoisotopic (exact) mass is 374 g/mol. The minimum absolute atomic E-state index is 0.300. The first kappa shape index (κ1) is 19.6. The third kappa shape index (κ3) is 5.69. The van der Waals surface area contributed by atoms with Gasteiger partial charge in [-0.2, -0.15) is 0 Å². The molecule has 0 saturated heterocycles. The van der Waals surface area contributed by atoms with E-state index in [1.54, 1.807) is 18.2 Å². The Morgan fingerprint density at radius 2 is 1.61 bits per heavy atom. The van der Waals surface area contributed by atoms with Gasteiger partial charge in [-0.15, -0.1) is 0 Å². The maximum absolute atomic E-state index is 11.2. The predicted molar refractivity (Wildman–Crippen MR) is 115 cm³/mol. The summed E-state index contributed by atoms with van der Waals surface area (Å²) in [6.07, 6.45) is 1.02. The first-order valence-corrected chi connectivity index (χ1v) is 9.56. The first-order chi connectivity index (χ1) is 13.6. The van der Waals surface area contributed by atoms with Crippen molar-refractivity contribution in [2.45, 2.75) is 13.3 Å². The van der Waals surface area contributed by atoms with Gasteiger partial charge in [0.05, 0.1) is 5.56 Å². The van der Waals surface area contributed by atoms with Crippen molar-refractivity contribution in [3.8, 4) is 11.1 Å². The third-order valence-corrected chi connectivity index (χ3v) is 4.61. The second-order valence-corrected chi connectivity index (χ2v) is 6.88. The lowest BCUT2D eigenvalue weighted by atomic mass is 10.0. The van der Waals surface area contributed by atoms with Gasteiger partial charge in [0.25, 0.3) is 0 Å². The van der Waals surface area contributed by atoms with Crippen LogP contribution >= 0.6 is 0 Å². The molecule has 0 radical (unpaired) electrons. The van der Waals surface area contributed by atoms with Gasteiger partial charge in [0, 0.05) is 18.8 Å². The number of hydrogen-bond donors (Lipinski definition) is 3. The van der Waals surface area contributed by atoms with Gasteiger partial charge in [0.2, 0.25) is 0 Å². The molecule has 0 fully saturated rings. The lowest BCUT2D eigenvalue weighted by molar-refractivity contribution is 0.0697. The van der Waals surface area contributed by atoms with E-state index in [-0.39, 0.29) is 0 Å². The normalized spacial score (nSPS) is 10.6. The van der Waals surface area contributed by atoms with E-state index in [0.717, 1.165) is 42.9 Å². The highest BCUT2D eigenvalue weighted by Gasteiger charge is 2.05. The average molecular weight is 374 g/mol. The number of anilines is 1. The van der Waals surface area contributed by atoms with E-state index >= 15 is 0 Å². The van der Waals surface area contributed by atoms with Gasteiger partial charge in [-0.25, -0.2) is 4.79 Å². The van der Waals surface area contributed by atoms with Crippen molar-refractivity contribution in [2.75, 3.05) is 25.0 Å². The van der Waals surface area contributed by atoms with Crippen LogP contribution in [0.4, 0.5) is 5.69 Å². The summed E-state index contributed by atoms with van der Waals surface area (Å²) < 4.78 is 0. The minimum atomic E-state index is -0.909. The van der Waals surface area contributed by atoms with Crippen molar-refractivity contribution in [1.82, 2.24) is 5.32 Å². The van der Waals surface area contributed by atoms with Crippen LogP contribution in [0.1, 0.15) is 21.5 Å². The highest BCUT2D eigenvalue weighted by Crippen LogP contribution is 2.23. The molecule has 0 aliphatic rings. The second kappa shape index (κ2) is 9.72. The number of nitrogens with one attached hydrogen (secondary N) is 2. The van der Waals surface area contributed by atoms with Gasteiger partial charge >= 0.3 is 5.97 Å². The summed E-state index contributed by atoms with van der Waals surface area (Å²) >= 11 is 0. The summed E-state index contributed by atoms with van der Waals surface area (Å²) in [5.41, 5.74) is 5.89. The third-order valence-electron chi connectivity index (χ3n) is 4.61. The zero-order chi connectivity index (χ0) is 19.8. The fourth-order valence-corrected chi connectivity index (χ4v) is 3.16. The molecule has 3 rings (SSSR count). The maximum atomic E-state index is 11.2. The lowest BCUT2D eigenvalue weighted by Crippen LogP contribution is -2.24. The molecule has 0 unspecified atom stereocenters. The molecule has 0 saturated carbocycles. The van der Waals surface area contributed by atoms with Crippen LogP contribution in [0.25, 0.3) is 11.1 Å². The largest absolute Gasteiger partial charge is 0.478 e. The van der Waals surface area contributed by atoms with Gasteiger partial charge in [-0.1, -0.05) is 54.1 Å². The van der Waals surface area contributed by atoms with Gasteiger partial charge in [0.15, 0.2) is 0 Å². The summed E-state index contributed by atoms with van der Waals surface area (Å²) in [5.74, 6) is -0.909. The molecule has 0 heterocycles. The van der Waals surface area contributed by atoms with Crippen LogP contribution in [-0.4, -0.2) is 30.7 Å². The summed E-state index contributed by atoms with van der Waals surface area (Å²) in [4.78, 5) is 11.2. The number of carboxylic acids is 1. The molecule has 144 valence electrons. The van der Waals surface area contributed by atoms with Crippen molar-refractivity contribution in [2.24, 2.45) is 0 Å². The van der Waals surface area contributed by atoms with Crippen molar-refractivity contribution >= 4 is 11.7 Å². The van der Waals surface area contributed by atoms with Crippen LogP contribution < -0.4 is 10.6 Å². The van der Waals surface area contributed by atoms with Gasteiger partial charge in [0.1, 0.15) is 0 Å². The van der Waals surface area contributed by atoms with E-state index in [0.29, 0.717) is 5.56 Å². The lowest BCUT2D eigenvalue weighted by Gasteiger charge is -2.10. The summed E-state index contributed by atoms with van der Waals surface area (Å²) in [7, 11) is 0. The standard InChI is InChI=1S/C24H26N2O2/c1-18-5-2-6-19(15-18)11-12-25-13-14-26-23-10-4-8-21(17-23)20-7-3-9-22(16-20)24(27)28/h2-10,15-17,25-26H,11-14H2,1H3,(H,27,28). The van der Waals surface area contributed by atoms with Crippen LogP contribution in [0, 0.1) is 6.92 Å². The van der Waals surface area contributed by atoms with Crippen LogP contribution in [0.5, 0.6) is 0 Å². The average Bonchev–Trinajstić information content (AvgIpc) is 2.71. The van der Waals surface area contributed by atoms with E-state index in [1.165, 1.54) is 11.1 Å². The Balaban J connectivity index is 1.47. The molecule has 3 N–H and O–H groups in total. The van der Waals surface area contributed by atoms with Gasteiger partial charge in [-0.3, -0.25) is 0 Å². The van der Waals surface area contributed by atoms with E-state index < -0.39 is 5.97 Å². The number of hydrogen-bond acceptors (Lipinski definition) is 3. The second-order valence-electron chi connectivity index (χ2n) is 6.88. The van der Waals surface area contributed by atoms with Crippen LogP contribution in [-0.2, 0) is 6.42 Å². The Hall–Kier alpha value is -3.11. The SMILES string of the molecule is Cc1cccc(CCNCCNc2cccc(-c3cccc(C(=O)O)c3)c2)c1. The Morgan fingerprint density at radius 3 is 2.39 bits per heavy atom. The molecule has 0 spiro atoms. The zero-order valence-corrected chi connectivity index (χ0v) is 16.1. The van der Waals surface area contributed by atoms with Crippen molar-refractivity contribution in [1.29, 1.82) is 0 Å². The number of benzene rings is 3. The summed E-state index contributed by atoms with van der Waals surface area (Å²) in [5, 5.41) is 16.0. The van der Waals surface area contributed by atoms with E-state index in [9.17, 15) is 4.79 Å². The highest BCUT2D eigenvalue weighted by molar-refractivity contribution is 5.89.